The summed E-state index contributed by atoms with van der Waals surface area (Å²) in [4.78, 5) is 0. The van der Waals surface area contributed by atoms with E-state index < -0.39 is 0 Å². The monoisotopic (exact) mass is 302 g/mol. The first-order chi connectivity index (χ1) is 9.76. The largest absolute Gasteiger partial charge is 0.350 e. The first kappa shape index (κ1) is 13.1. The molecule has 4 fully saturated rings. The maximum Gasteiger partial charge on any atom is 0.186 e. The van der Waals surface area contributed by atoms with E-state index in [1.807, 2.05) is 35.7 Å². The summed E-state index contributed by atoms with van der Waals surface area (Å²) in [5, 5.41) is 0. The van der Waals surface area contributed by atoms with Crippen LogP contribution in [0.5, 0.6) is 0 Å². The molecule has 0 N–H and O–H groups in total. The Morgan fingerprint density at radius 2 is 1.85 bits per heavy atom. The molecule has 1 aliphatic carbocycles. The Bertz CT molecular complexity index is 529. The van der Waals surface area contributed by atoms with Crippen molar-refractivity contribution in [3.63, 3.8) is 0 Å². The SMILES string of the molecule is C#Cc1ccc(C23OCC(C4CCC4)(CS2)CS3)cc1. The van der Waals surface area contributed by atoms with Crippen LogP contribution in [0.4, 0.5) is 0 Å². The summed E-state index contributed by atoms with van der Waals surface area (Å²) < 4.78 is 6.18. The molecule has 20 heavy (non-hydrogen) atoms. The van der Waals surface area contributed by atoms with Crippen LogP contribution < -0.4 is 0 Å². The van der Waals surface area contributed by atoms with E-state index in [4.69, 9.17) is 11.2 Å². The van der Waals surface area contributed by atoms with Crippen LogP contribution in [0, 0.1) is 23.7 Å². The molecule has 5 rings (SSSR count). The quantitative estimate of drug-likeness (QED) is 0.762. The van der Waals surface area contributed by atoms with Crippen molar-refractivity contribution in [1.82, 2.24) is 0 Å². The zero-order valence-corrected chi connectivity index (χ0v) is 13.1. The Kier molecular flexibility index (Phi) is 3.10. The van der Waals surface area contributed by atoms with Gasteiger partial charge in [0.25, 0.3) is 0 Å². The van der Waals surface area contributed by atoms with Crippen LogP contribution in [0.25, 0.3) is 0 Å². The lowest BCUT2D eigenvalue weighted by atomic mass is 9.67. The topological polar surface area (TPSA) is 9.23 Å². The molecule has 0 unspecified atom stereocenters. The summed E-state index contributed by atoms with van der Waals surface area (Å²) in [5.41, 5.74) is 2.65. The lowest BCUT2D eigenvalue weighted by Gasteiger charge is -2.56. The van der Waals surface area contributed by atoms with Gasteiger partial charge in [-0.15, -0.1) is 29.9 Å². The van der Waals surface area contributed by atoms with Gasteiger partial charge in [-0.3, -0.25) is 0 Å². The molecule has 0 amide bonds. The van der Waals surface area contributed by atoms with Crippen LogP contribution in [0.1, 0.15) is 30.4 Å². The van der Waals surface area contributed by atoms with Crippen molar-refractivity contribution in [3.05, 3.63) is 35.4 Å². The zero-order valence-electron chi connectivity index (χ0n) is 11.4. The van der Waals surface area contributed by atoms with Gasteiger partial charge >= 0.3 is 0 Å². The number of ether oxygens (including phenoxy) is 1. The summed E-state index contributed by atoms with van der Waals surface area (Å²) >= 11 is 3.98. The molecule has 4 aliphatic rings. The van der Waals surface area contributed by atoms with Gasteiger partial charge < -0.3 is 4.74 Å². The number of hydrogen-bond acceptors (Lipinski definition) is 3. The van der Waals surface area contributed by atoms with Gasteiger partial charge in [-0.05, 0) is 30.9 Å². The van der Waals surface area contributed by atoms with Gasteiger partial charge in [0, 0.05) is 28.0 Å². The van der Waals surface area contributed by atoms with Crippen molar-refractivity contribution in [2.45, 2.75) is 23.5 Å². The Morgan fingerprint density at radius 3 is 2.30 bits per heavy atom. The Balaban J connectivity index is 1.57. The summed E-state index contributed by atoms with van der Waals surface area (Å²) in [5.74, 6) is 6.09. The van der Waals surface area contributed by atoms with Crippen molar-refractivity contribution in [3.8, 4) is 12.3 Å². The van der Waals surface area contributed by atoms with Crippen LogP contribution in [-0.2, 0) is 9.00 Å². The number of hydrogen-bond donors (Lipinski definition) is 0. The molecule has 3 heteroatoms. The normalized spacial score (nSPS) is 36.4. The molecular weight excluding hydrogens is 284 g/mol. The summed E-state index contributed by atoms with van der Waals surface area (Å²) in [6, 6.07) is 8.32. The molecule has 1 aromatic carbocycles. The fourth-order valence-electron chi connectivity index (χ4n) is 3.36. The molecule has 0 radical (unpaired) electrons. The van der Waals surface area contributed by atoms with Gasteiger partial charge in [0.05, 0.1) is 6.61 Å². The van der Waals surface area contributed by atoms with Crippen LogP contribution in [0.15, 0.2) is 24.3 Å². The molecule has 3 heterocycles. The van der Waals surface area contributed by atoms with Gasteiger partial charge in [0.1, 0.15) is 0 Å². The smallest absolute Gasteiger partial charge is 0.186 e. The Morgan fingerprint density at radius 1 is 1.15 bits per heavy atom. The second-order valence-electron chi connectivity index (χ2n) is 6.13. The number of benzene rings is 1. The molecule has 2 bridgehead atoms. The summed E-state index contributed by atoms with van der Waals surface area (Å²) in [6.45, 7) is 0.939. The third-order valence-electron chi connectivity index (χ3n) is 5.03. The number of thioether (sulfide) groups is 2. The van der Waals surface area contributed by atoms with Crippen molar-refractivity contribution in [2.24, 2.45) is 11.3 Å². The van der Waals surface area contributed by atoms with Crippen LogP contribution in [0.2, 0.25) is 0 Å². The third-order valence-corrected chi connectivity index (χ3v) is 8.64. The number of terminal acetylenes is 1. The molecule has 3 aliphatic heterocycles. The van der Waals surface area contributed by atoms with E-state index in [0.29, 0.717) is 5.41 Å². The van der Waals surface area contributed by atoms with Crippen molar-refractivity contribution in [2.75, 3.05) is 18.1 Å². The number of rotatable bonds is 2. The lowest BCUT2D eigenvalue weighted by molar-refractivity contribution is -0.0386. The zero-order chi connectivity index (χ0) is 13.6. The highest BCUT2D eigenvalue weighted by Crippen LogP contribution is 2.64. The molecule has 3 saturated heterocycles. The molecular formula is C17H18OS2. The van der Waals surface area contributed by atoms with E-state index in [1.54, 1.807) is 0 Å². The first-order valence-corrected chi connectivity index (χ1v) is 9.23. The Hall–Kier alpha value is -0.560. The Labute approximate surface area is 129 Å². The second-order valence-corrected chi connectivity index (χ2v) is 8.70. The highest BCUT2D eigenvalue weighted by molar-refractivity contribution is 8.17. The van der Waals surface area contributed by atoms with Crippen molar-refractivity contribution < 1.29 is 4.74 Å². The molecule has 104 valence electrons. The van der Waals surface area contributed by atoms with Crippen LogP contribution in [0.3, 0.4) is 0 Å². The van der Waals surface area contributed by atoms with Crippen molar-refractivity contribution in [1.29, 1.82) is 0 Å². The predicted octanol–water partition coefficient (Wildman–Crippen LogP) is 4.07. The summed E-state index contributed by atoms with van der Waals surface area (Å²) in [6.07, 6.45) is 9.67. The van der Waals surface area contributed by atoms with Gasteiger partial charge in [-0.2, -0.15) is 0 Å². The minimum atomic E-state index is -0.182. The third kappa shape index (κ3) is 1.85. The van der Waals surface area contributed by atoms with Gasteiger partial charge in [0.15, 0.2) is 4.27 Å². The second kappa shape index (κ2) is 4.73. The highest BCUT2D eigenvalue weighted by atomic mass is 32.2. The van der Waals surface area contributed by atoms with E-state index in [-0.39, 0.29) is 4.27 Å². The molecule has 1 aromatic rings. The summed E-state index contributed by atoms with van der Waals surface area (Å²) in [7, 11) is 0. The average molecular weight is 302 g/mol. The van der Waals surface area contributed by atoms with Gasteiger partial charge in [-0.1, -0.05) is 24.5 Å². The molecule has 0 aromatic heterocycles. The first-order valence-electron chi connectivity index (χ1n) is 7.25. The standard InChI is InChI=1S/C17H18OS2/c1-2-13-6-8-15(9-7-13)17-18-10-16(11-19-17,12-20-17)14-4-3-5-14/h1,6-9,14H,3-5,10-12H2. The van der Waals surface area contributed by atoms with Crippen LogP contribution >= 0.6 is 23.5 Å². The fourth-order valence-corrected chi connectivity index (χ4v) is 6.86. The van der Waals surface area contributed by atoms with E-state index >= 15 is 0 Å². The number of fused-ring (bicyclic) bond motifs is 3. The van der Waals surface area contributed by atoms with E-state index in [1.165, 1.54) is 36.3 Å². The minimum Gasteiger partial charge on any atom is -0.350 e. The fraction of sp³-hybridized carbons (Fsp3) is 0.529. The van der Waals surface area contributed by atoms with E-state index in [0.717, 1.165) is 18.1 Å². The van der Waals surface area contributed by atoms with Crippen LogP contribution in [-0.4, -0.2) is 18.1 Å². The minimum absolute atomic E-state index is 0.182. The van der Waals surface area contributed by atoms with Gasteiger partial charge in [0.2, 0.25) is 0 Å². The maximum atomic E-state index is 6.36. The van der Waals surface area contributed by atoms with Gasteiger partial charge in [-0.25, -0.2) is 0 Å². The highest BCUT2D eigenvalue weighted by Gasteiger charge is 2.55. The predicted molar refractivity (Wildman–Crippen MR) is 86.7 cm³/mol. The maximum absolute atomic E-state index is 6.36. The van der Waals surface area contributed by atoms with E-state index in [2.05, 4.69) is 18.1 Å². The molecule has 1 nitrogen and oxygen atoms in total. The van der Waals surface area contributed by atoms with E-state index in [9.17, 15) is 0 Å². The molecule has 1 saturated carbocycles. The average Bonchev–Trinajstić information content (AvgIpc) is 2.47. The molecule has 0 spiro atoms. The molecule has 0 atom stereocenters. The van der Waals surface area contributed by atoms with Crippen molar-refractivity contribution >= 4 is 23.5 Å². The lowest BCUT2D eigenvalue weighted by Crippen LogP contribution is -2.54.